The first-order valence-electron chi connectivity index (χ1n) is 3.45. The summed E-state index contributed by atoms with van der Waals surface area (Å²) in [6.45, 7) is -1.21. The molecule has 1 rings (SSSR count). The predicted octanol–water partition coefficient (Wildman–Crippen LogP) is 2.51. The van der Waals surface area contributed by atoms with Crippen molar-refractivity contribution in [2.24, 2.45) is 0 Å². The minimum Gasteiger partial charge on any atom is -0.478 e. The van der Waals surface area contributed by atoms with Crippen LogP contribution in [0.1, 0.15) is 10.4 Å². The van der Waals surface area contributed by atoms with Crippen molar-refractivity contribution in [3.05, 3.63) is 22.4 Å². The number of hydrogen-bond acceptors (Lipinski definition) is 1. The van der Waals surface area contributed by atoms with Gasteiger partial charge in [0.05, 0.1) is 10.2 Å². The quantitative estimate of drug-likeness (QED) is 0.898. The second-order valence-electron chi connectivity index (χ2n) is 2.60. The molecule has 0 saturated heterocycles. The van der Waals surface area contributed by atoms with E-state index >= 15 is 0 Å². The summed E-state index contributed by atoms with van der Waals surface area (Å²) in [6, 6.07) is 1.12. The van der Waals surface area contributed by atoms with E-state index in [1.54, 1.807) is 0 Å². The SMILES string of the molecule is O=C(O)c1cc(Br)n(CC(F)(F)F)c1. The van der Waals surface area contributed by atoms with Gasteiger partial charge < -0.3 is 9.67 Å². The first-order chi connectivity index (χ1) is 6.29. The van der Waals surface area contributed by atoms with Crippen LogP contribution < -0.4 is 0 Å². The van der Waals surface area contributed by atoms with Crippen molar-refractivity contribution < 1.29 is 23.1 Å². The third kappa shape index (κ3) is 2.76. The smallest absolute Gasteiger partial charge is 0.406 e. The van der Waals surface area contributed by atoms with Crippen molar-refractivity contribution in [3.8, 4) is 0 Å². The molecule has 0 saturated carbocycles. The zero-order valence-corrected chi connectivity index (χ0v) is 8.26. The Morgan fingerprint density at radius 3 is 2.50 bits per heavy atom. The number of aromatic carboxylic acids is 1. The van der Waals surface area contributed by atoms with Crippen LogP contribution in [0, 0.1) is 0 Å². The predicted molar refractivity (Wildman–Crippen MR) is 45.1 cm³/mol. The summed E-state index contributed by atoms with van der Waals surface area (Å²) in [7, 11) is 0. The van der Waals surface area contributed by atoms with Gasteiger partial charge in [0, 0.05) is 6.20 Å². The van der Waals surface area contributed by atoms with Gasteiger partial charge in [-0.05, 0) is 22.0 Å². The van der Waals surface area contributed by atoms with Crippen LogP contribution in [-0.4, -0.2) is 21.8 Å². The molecule has 0 aliphatic carbocycles. The number of carboxylic acids is 1. The van der Waals surface area contributed by atoms with Crippen LogP contribution in [0.3, 0.4) is 0 Å². The number of aromatic nitrogens is 1. The fraction of sp³-hybridized carbons (Fsp3) is 0.286. The summed E-state index contributed by atoms with van der Waals surface area (Å²) in [6.07, 6.45) is -3.43. The standard InChI is InChI=1S/C7H5BrF3NO2/c8-5-1-4(6(13)14)2-12(5)3-7(9,10)11/h1-2H,3H2,(H,13,14). The maximum atomic E-state index is 11.9. The molecule has 0 unspecified atom stereocenters. The highest BCUT2D eigenvalue weighted by molar-refractivity contribution is 9.10. The summed E-state index contributed by atoms with van der Waals surface area (Å²) >= 11 is 2.84. The van der Waals surface area contributed by atoms with Crippen molar-refractivity contribution >= 4 is 21.9 Å². The number of nitrogens with zero attached hydrogens (tertiary/aromatic N) is 1. The average Bonchev–Trinajstić information content (AvgIpc) is 2.29. The van der Waals surface area contributed by atoms with E-state index in [0.717, 1.165) is 16.8 Å². The Bertz CT molecular complexity index is 358. The van der Waals surface area contributed by atoms with Crippen molar-refractivity contribution in [2.45, 2.75) is 12.7 Å². The maximum Gasteiger partial charge on any atom is 0.406 e. The number of carbonyl (C=O) groups is 1. The number of carboxylic acid groups (broad SMARTS) is 1. The van der Waals surface area contributed by atoms with Crippen LogP contribution in [0.15, 0.2) is 16.9 Å². The molecule has 0 amide bonds. The second kappa shape index (κ2) is 3.64. The minimum atomic E-state index is -4.36. The Morgan fingerprint density at radius 2 is 2.14 bits per heavy atom. The molecule has 1 aromatic rings. The fourth-order valence-corrected chi connectivity index (χ4v) is 1.38. The molecular formula is C7H5BrF3NO2. The van der Waals surface area contributed by atoms with Crippen LogP contribution in [0.2, 0.25) is 0 Å². The number of hydrogen-bond donors (Lipinski definition) is 1. The lowest BCUT2D eigenvalue weighted by Crippen LogP contribution is -2.17. The van der Waals surface area contributed by atoms with Gasteiger partial charge in [-0.15, -0.1) is 0 Å². The molecule has 0 aliphatic rings. The van der Waals surface area contributed by atoms with Crippen LogP contribution in [-0.2, 0) is 6.54 Å². The first kappa shape index (κ1) is 11.1. The summed E-state index contributed by atoms with van der Waals surface area (Å²) in [5.74, 6) is -1.26. The molecule has 0 spiro atoms. The van der Waals surface area contributed by atoms with Crippen molar-refractivity contribution in [1.82, 2.24) is 4.57 Å². The molecule has 1 heterocycles. The lowest BCUT2D eigenvalue weighted by Gasteiger charge is -2.07. The normalized spacial score (nSPS) is 11.7. The zero-order valence-electron chi connectivity index (χ0n) is 6.68. The van der Waals surface area contributed by atoms with E-state index in [4.69, 9.17) is 5.11 Å². The van der Waals surface area contributed by atoms with E-state index in [0.29, 0.717) is 0 Å². The van der Waals surface area contributed by atoms with E-state index < -0.39 is 18.7 Å². The van der Waals surface area contributed by atoms with Gasteiger partial charge >= 0.3 is 12.1 Å². The zero-order chi connectivity index (χ0) is 10.9. The van der Waals surface area contributed by atoms with Crippen molar-refractivity contribution in [1.29, 1.82) is 0 Å². The molecule has 0 fully saturated rings. The second-order valence-corrected chi connectivity index (χ2v) is 3.41. The summed E-state index contributed by atoms with van der Waals surface area (Å²) < 4.78 is 36.7. The van der Waals surface area contributed by atoms with E-state index in [9.17, 15) is 18.0 Å². The first-order valence-corrected chi connectivity index (χ1v) is 4.24. The highest BCUT2D eigenvalue weighted by atomic mass is 79.9. The van der Waals surface area contributed by atoms with Crippen LogP contribution in [0.5, 0.6) is 0 Å². The Balaban J connectivity index is 2.94. The largest absolute Gasteiger partial charge is 0.478 e. The summed E-state index contributed by atoms with van der Waals surface area (Å²) in [5.41, 5.74) is -0.180. The lowest BCUT2D eigenvalue weighted by molar-refractivity contribution is -0.140. The molecule has 1 N–H and O–H groups in total. The highest BCUT2D eigenvalue weighted by Gasteiger charge is 2.29. The van der Waals surface area contributed by atoms with E-state index in [2.05, 4.69) is 15.9 Å². The molecule has 0 atom stereocenters. The Morgan fingerprint density at radius 1 is 1.57 bits per heavy atom. The van der Waals surface area contributed by atoms with Crippen LogP contribution in [0.4, 0.5) is 13.2 Å². The summed E-state index contributed by atoms with van der Waals surface area (Å²) in [5, 5.41) is 8.51. The van der Waals surface area contributed by atoms with Gasteiger partial charge in [-0.1, -0.05) is 0 Å². The number of halogens is 4. The summed E-state index contributed by atoms with van der Waals surface area (Å²) in [4.78, 5) is 10.4. The minimum absolute atomic E-state index is 0.0900. The Labute approximate surface area is 85.3 Å². The molecule has 0 bridgehead atoms. The molecule has 0 aliphatic heterocycles. The topological polar surface area (TPSA) is 42.2 Å². The van der Waals surface area contributed by atoms with Crippen LogP contribution >= 0.6 is 15.9 Å². The fourth-order valence-electron chi connectivity index (χ4n) is 0.909. The monoisotopic (exact) mass is 271 g/mol. The molecule has 3 nitrogen and oxygen atoms in total. The van der Waals surface area contributed by atoms with Gasteiger partial charge in [0.1, 0.15) is 6.54 Å². The molecule has 78 valence electrons. The third-order valence-electron chi connectivity index (χ3n) is 1.44. The highest BCUT2D eigenvalue weighted by Crippen LogP contribution is 2.22. The third-order valence-corrected chi connectivity index (χ3v) is 2.12. The average molecular weight is 272 g/mol. The van der Waals surface area contributed by atoms with Gasteiger partial charge in [0.2, 0.25) is 0 Å². The molecule has 1 aromatic heterocycles. The van der Waals surface area contributed by atoms with Gasteiger partial charge in [-0.2, -0.15) is 13.2 Å². The van der Waals surface area contributed by atoms with Crippen molar-refractivity contribution in [2.75, 3.05) is 0 Å². The van der Waals surface area contributed by atoms with Crippen LogP contribution in [0.25, 0.3) is 0 Å². The van der Waals surface area contributed by atoms with E-state index in [1.807, 2.05) is 0 Å². The molecular weight excluding hydrogens is 267 g/mol. The molecule has 0 aromatic carbocycles. The van der Waals surface area contributed by atoms with E-state index in [1.165, 1.54) is 0 Å². The molecule has 14 heavy (non-hydrogen) atoms. The Kier molecular flexibility index (Phi) is 2.89. The van der Waals surface area contributed by atoms with E-state index in [-0.39, 0.29) is 10.2 Å². The van der Waals surface area contributed by atoms with Gasteiger partial charge in [-0.3, -0.25) is 0 Å². The van der Waals surface area contributed by atoms with Crippen molar-refractivity contribution in [3.63, 3.8) is 0 Å². The van der Waals surface area contributed by atoms with Gasteiger partial charge in [0.25, 0.3) is 0 Å². The number of alkyl halides is 3. The number of rotatable bonds is 2. The lowest BCUT2D eigenvalue weighted by atomic mass is 10.4. The molecule has 0 radical (unpaired) electrons. The van der Waals surface area contributed by atoms with Gasteiger partial charge in [0.15, 0.2) is 0 Å². The molecule has 7 heteroatoms. The maximum absolute atomic E-state index is 11.9. The van der Waals surface area contributed by atoms with Gasteiger partial charge in [-0.25, -0.2) is 4.79 Å². The Hall–Kier alpha value is -0.980.